The van der Waals surface area contributed by atoms with Gasteiger partial charge in [0.25, 0.3) is 5.91 Å². The van der Waals surface area contributed by atoms with Crippen LogP contribution in [-0.4, -0.2) is 62.1 Å². The number of ether oxygens (including phenoxy) is 1. The van der Waals surface area contributed by atoms with E-state index in [1.807, 2.05) is 19.2 Å². The predicted molar refractivity (Wildman–Crippen MR) is 126 cm³/mol. The molecule has 0 bridgehead atoms. The molecule has 4 heteroatoms. The first-order valence-electron chi connectivity index (χ1n) is 11.7. The molecule has 1 amide bonds. The van der Waals surface area contributed by atoms with Crippen LogP contribution in [0.4, 0.5) is 0 Å². The van der Waals surface area contributed by atoms with E-state index in [2.05, 4.69) is 67.2 Å². The van der Waals surface area contributed by atoms with Crippen LogP contribution >= 0.6 is 0 Å². The molecule has 31 heavy (non-hydrogen) atoms. The minimum Gasteiger partial charge on any atom is -0.380 e. The van der Waals surface area contributed by atoms with Crippen LogP contribution in [0.3, 0.4) is 0 Å². The van der Waals surface area contributed by atoms with Gasteiger partial charge in [0.1, 0.15) is 0 Å². The summed E-state index contributed by atoms with van der Waals surface area (Å²) in [6.07, 6.45) is 4.69. The van der Waals surface area contributed by atoms with Gasteiger partial charge in [-0.3, -0.25) is 4.79 Å². The second-order valence-corrected chi connectivity index (χ2v) is 9.53. The van der Waals surface area contributed by atoms with E-state index in [-0.39, 0.29) is 12.0 Å². The Bertz CT molecular complexity index is 875. The van der Waals surface area contributed by atoms with Gasteiger partial charge in [0.05, 0.1) is 6.10 Å². The van der Waals surface area contributed by atoms with Gasteiger partial charge in [-0.1, -0.05) is 49.7 Å². The zero-order valence-corrected chi connectivity index (χ0v) is 19.4. The summed E-state index contributed by atoms with van der Waals surface area (Å²) in [7, 11) is 6.08. The molecule has 1 saturated heterocycles. The fraction of sp³-hybridized carbons (Fsp3) is 0.519. The van der Waals surface area contributed by atoms with E-state index in [4.69, 9.17) is 4.74 Å². The van der Waals surface area contributed by atoms with Gasteiger partial charge >= 0.3 is 0 Å². The molecule has 2 fully saturated rings. The van der Waals surface area contributed by atoms with E-state index in [0.29, 0.717) is 17.9 Å². The molecule has 0 radical (unpaired) electrons. The maximum atomic E-state index is 13.2. The Morgan fingerprint density at radius 3 is 2.10 bits per heavy atom. The van der Waals surface area contributed by atoms with Gasteiger partial charge in [0, 0.05) is 31.8 Å². The van der Waals surface area contributed by atoms with Gasteiger partial charge in [-0.15, -0.1) is 0 Å². The molecule has 0 unspecified atom stereocenters. The van der Waals surface area contributed by atoms with Crippen molar-refractivity contribution in [2.45, 2.75) is 44.8 Å². The zero-order valence-electron chi connectivity index (χ0n) is 19.4. The summed E-state index contributed by atoms with van der Waals surface area (Å²) in [5.74, 6) is 1.28. The van der Waals surface area contributed by atoms with E-state index < -0.39 is 0 Å². The number of likely N-dealkylation sites (tertiary alicyclic amines) is 1. The van der Waals surface area contributed by atoms with Crippen molar-refractivity contribution in [1.82, 2.24) is 9.80 Å². The second-order valence-electron chi connectivity index (χ2n) is 9.53. The maximum Gasteiger partial charge on any atom is 0.253 e. The Morgan fingerprint density at radius 1 is 0.968 bits per heavy atom. The number of fused-ring (bicyclic) bond motifs is 1. The minimum atomic E-state index is 0.162. The molecule has 4 atom stereocenters. The maximum absolute atomic E-state index is 13.2. The number of hydrogen-bond acceptors (Lipinski definition) is 3. The molecule has 0 spiro atoms. The Labute approximate surface area is 187 Å². The van der Waals surface area contributed by atoms with E-state index in [1.54, 1.807) is 0 Å². The van der Waals surface area contributed by atoms with Crippen LogP contribution in [0.25, 0.3) is 11.1 Å². The normalized spacial score (nSPS) is 25.6. The number of aryl methyl sites for hydroxylation is 1. The van der Waals surface area contributed by atoms with Crippen molar-refractivity contribution in [3.63, 3.8) is 0 Å². The third-order valence-electron chi connectivity index (χ3n) is 7.30. The van der Waals surface area contributed by atoms with Gasteiger partial charge in [-0.05, 0) is 74.0 Å². The molecule has 4 rings (SSSR count). The average molecular weight is 421 g/mol. The summed E-state index contributed by atoms with van der Waals surface area (Å²) in [6, 6.07) is 17.3. The zero-order chi connectivity index (χ0) is 22.0. The van der Waals surface area contributed by atoms with Crippen molar-refractivity contribution >= 4 is 5.91 Å². The Morgan fingerprint density at radius 2 is 1.55 bits per heavy atom. The Balaban J connectivity index is 1.42. The second kappa shape index (κ2) is 9.54. The topological polar surface area (TPSA) is 32.8 Å². The molecule has 2 aromatic carbocycles. The molecule has 1 heterocycles. The number of benzene rings is 2. The first kappa shape index (κ1) is 22.0. The number of carbonyl (C=O) groups is 1. The first-order chi connectivity index (χ1) is 15.0. The summed E-state index contributed by atoms with van der Waals surface area (Å²) in [6.45, 7) is 3.92. The molecule has 166 valence electrons. The number of methoxy groups -OCH3 is 1. The summed E-state index contributed by atoms with van der Waals surface area (Å²) < 4.78 is 5.78. The van der Waals surface area contributed by atoms with Crippen LogP contribution in [0.5, 0.6) is 0 Å². The van der Waals surface area contributed by atoms with Crippen LogP contribution in [0.1, 0.15) is 42.1 Å². The van der Waals surface area contributed by atoms with Crippen LogP contribution < -0.4 is 0 Å². The van der Waals surface area contributed by atoms with E-state index in [9.17, 15) is 4.79 Å². The third kappa shape index (κ3) is 4.70. The number of likely N-dealkylation sites (N-methyl/N-ethyl adjacent to an activating group) is 1. The van der Waals surface area contributed by atoms with Crippen molar-refractivity contribution in [3.8, 4) is 11.1 Å². The standard InChI is InChI=1S/C27H36N2O2/c1-5-6-19-7-9-20(10-8-19)21-11-13-22(14-12-21)27(30)29-17-23-15-25(28(2)3)26(31-4)16-24(23)18-29/h7-14,23-26H,5-6,15-18H2,1-4H3/t23-,24+,25-,26-/m1/s1. The number of hydrogen-bond donors (Lipinski definition) is 0. The number of nitrogens with zero attached hydrogens (tertiary/aromatic N) is 2. The summed E-state index contributed by atoms with van der Waals surface area (Å²) in [5, 5.41) is 0. The smallest absolute Gasteiger partial charge is 0.253 e. The molecule has 4 nitrogen and oxygen atoms in total. The van der Waals surface area contributed by atoms with Gasteiger partial charge in [-0.2, -0.15) is 0 Å². The summed E-state index contributed by atoms with van der Waals surface area (Å²) in [5.41, 5.74) is 4.52. The van der Waals surface area contributed by atoms with E-state index >= 15 is 0 Å². The molecule has 1 saturated carbocycles. The highest BCUT2D eigenvalue weighted by atomic mass is 16.5. The van der Waals surface area contributed by atoms with E-state index in [1.165, 1.54) is 11.1 Å². The molecular formula is C27H36N2O2. The molecule has 2 aromatic rings. The Hall–Kier alpha value is -2.17. The van der Waals surface area contributed by atoms with Crippen molar-refractivity contribution in [3.05, 3.63) is 59.7 Å². The molecule has 0 N–H and O–H groups in total. The van der Waals surface area contributed by atoms with Crippen molar-refractivity contribution in [2.75, 3.05) is 34.3 Å². The Kier molecular flexibility index (Phi) is 6.78. The van der Waals surface area contributed by atoms with Crippen LogP contribution in [0.2, 0.25) is 0 Å². The molecule has 1 aliphatic heterocycles. The minimum absolute atomic E-state index is 0.162. The third-order valence-corrected chi connectivity index (χ3v) is 7.30. The molecular weight excluding hydrogens is 384 g/mol. The first-order valence-corrected chi connectivity index (χ1v) is 11.7. The van der Waals surface area contributed by atoms with Crippen LogP contribution in [0.15, 0.2) is 48.5 Å². The number of carbonyl (C=O) groups excluding carboxylic acids is 1. The van der Waals surface area contributed by atoms with Crippen molar-refractivity contribution in [2.24, 2.45) is 11.8 Å². The van der Waals surface area contributed by atoms with Gasteiger partial charge in [0.2, 0.25) is 0 Å². The van der Waals surface area contributed by atoms with E-state index in [0.717, 1.165) is 49.9 Å². The highest BCUT2D eigenvalue weighted by molar-refractivity contribution is 5.95. The molecule has 1 aliphatic carbocycles. The van der Waals surface area contributed by atoms with Gasteiger partial charge in [0.15, 0.2) is 0 Å². The van der Waals surface area contributed by atoms with Gasteiger partial charge < -0.3 is 14.5 Å². The van der Waals surface area contributed by atoms with Crippen molar-refractivity contribution in [1.29, 1.82) is 0 Å². The predicted octanol–water partition coefficient (Wildman–Crippen LogP) is 4.73. The number of rotatable bonds is 6. The fourth-order valence-corrected chi connectivity index (χ4v) is 5.49. The van der Waals surface area contributed by atoms with Crippen LogP contribution in [-0.2, 0) is 11.2 Å². The average Bonchev–Trinajstić information content (AvgIpc) is 3.21. The highest BCUT2D eigenvalue weighted by Gasteiger charge is 2.44. The molecule has 2 aliphatic rings. The lowest BCUT2D eigenvalue weighted by molar-refractivity contribution is -0.0209. The summed E-state index contributed by atoms with van der Waals surface area (Å²) >= 11 is 0. The lowest BCUT2D eigenvalue weighted by atomic mass is 9.77. The quantitative estimate of drug-likeness (QED) is 0.677. The monoisotopic (exact) mass is 420 g/mol. The lowest BCUT2D eigenvalue weighted by Crippen LogP contribution is -2.47. The number of amides is 1. The molecule has 0 aromatic heterocycles. The lowest BCUT2D eigenvalue weighted by Gasteiger charge is -2.40. The fourth-order valence-electron chi connectivity index (χ4n) is 5.49. The SMILES string of the molecule is CCCc1ccc(-c2ccc(C(=O)N3C[C@H]4C[C@@H](N(C)C)[C@H](OC)C[C@H]4C3)cc2)cc1. The van der Waals surface area contributed by atoms with Crippen molar-refractivity contribution < 1.29 is 9.53 Å². The largest absolute Gasteiger partial charge is 0.380 e. The summed E-state index contributed by atoms with van der Waals surface area (Å²) in [4.78, 5) is 17.5. The van der Waals surface area contributed by atoms with Crippen LogP contribution in [0, 0.1) is 11.8 Å². The highest BCUT2D eigenvalue weighted by Crippen LogP contribution is 2.39. The van der Waals surface area contributed by atoms with Gasteiger partial charge in [-0.25, -0.2) is 0 Å².